The third kappa shape index (κ3) is 7.43. The number of nitrogens with zero attached hydrogens (tertiary/aromatic N) is 3. The average molecular weight is 427 g/mol. The van der Waals surface area contributed by atoms with Crippen LogP contribution in [-0.2, 0) is 23.7 Å². The van der Waals surface area contributed by atoms with Gasteiger partial charge in [-0.2, -0.15) is 13.2 Å². The lowest BCUT2D eigenvalue weighted by atomic mass is 10.4. The van der Waals surface area contributed by atoms with Gasteiger partial charge in [0, 0.05) is 0 Å². The first-order chi connectivity index (χ1) is 11.7. The molecule has 0 aliphatic carbocycles. The van der Waals surface area contributed by atoms with Gasteiger partial charge < -0.3 is 10.1 Å². The van der Waals surface area contributed by atoms with E-state index < -0.39 is 23.2 Å². The summed E-state index contributed by atoms with van der Waals surface area (Å²) >= 11 is 0. The molecule has 26 heavy (non-hydrogen) atoms. The van der Waals surface area contributed by atoms with Gasteiger partial charge in [-0.05, 0) is 34.6 Å². The van der Waals surface area contributed by atoms with Crippen LogP contribution < -0.4 is 0 Å². The Morgan fingerprint density at radius 2 is 1.38 bits per heavy atom. The van der Waals surface area contributed by atoms with Crippen LogP contribution >= 0.6 is 7.60 Å². The normalized spacial score (nSPS) is 12.8. The Hall–Kier alpha value is -0.810. The molecule has 0 N–H and O–H groups in total. The Morgan fingerprint density at radius 3 is 1.54 bits per heavy atom. The summed E-state index contributed by atoms with van der Waals surface area (Å²) < 4.78 is 82.4. The summed E-state index contributed by atoms with van der Waals surface area (Å²) in [5.74, 6) is 0. The Labute approximate surface area is 151 Å². The van der Waals surface area contributed by atoms with Crippen LogP contribution in [0.4, 0.5) is 13.2 Å². The Bertz CT molecular complexity index is 612. The molecule has 0 heterocycles. The Kier molecular flexibility index (Phi) is 11.7. The number of halogens is 3. The Balaban J connectivity index is 0. The number of hydrogen-bond acceptors (Lipinski definition) is 6. The molecule has 0 unspecified atom stereocenters. The van der Waals surface area contributed by atoms with Crippen LogP contribution in [0, 0.1) is 0 Å². The lowest BCUT2D eigenvalue weighted by Gasteiger charge is -2.31. The van der Waals surface area contributed by atoms with Crippen LogP contribution in [-0.4, -0.2) is 66.2 Å². The highest BCUT2D eigenvalue weighted by atomic mass is 32.2. The van der Waals surface area contributed by atoms with Crippen molar-refractivity contribution in [2.75, 3.05) is 32.8 Å². The minimum Gasteiger partial charge on any atom is -0.741 e. The van der Waals surface area contributed by atoms with E-state index >= 15 is 0 Å². The van der Waals surface area contributed by atoms with Crippen LogP contribution in [0.15, 0.2) is 0 Å². The quantitative estimate of drug-likeness (QED) is 0.0856. The third-order valence-electron chi connectivity index (χ3n) is 3.46. The number of alkyl halides is 3. The maximum atomic E-state index is 12.7. The van der Waals surface area contributed by atoms with Crippen LogP contribution in [0.5, 0.6) is 0 Å². The summed E-state index contributed by atoms with van der Waals surface area (Å²) in [6.45, 7) is 11.8. The highest BCUT2D eigenvalue weighted by Gasteiger charge is 2.54. The molecule has 0 saturated heterocycles. The molecule has 0 amide bonds. The molecular formula is C12H25F3N3O6PS. The summed E-state index contributed by atoms with van der Waals surface area (Å²) in [5.41, 5.74) is 3.73. The molecule has 0 spiro atoms. The van der Waals surface area contributed by atoms with Crippen molar-refractivity contribution in [1.82, 2.24) is 0 Å². The van der Waals surface area contributed by atoms with Crippen LogP contribution in [0.25, 0.3) is 5.53 Å². The van der Waals surface area contributed by atoms with Crippen LogP contribution in [0.3, 0.4) is 0 Å². The molecule has 0 bridgehead atoms. The van der Waals surface area contributed by atoms with Gasteiger partial charge in [-0.15, -0.1) is 0 Å². The van der Waals surface area contributed by atoms with E-state index in [9.17, 15) is 23.3 Å². The summed E-state index contributed by atoms with van der Waals surface area (Å²) in [6, 6.07) is 0. The topological polar surface area (TPSA) is 129 Å². The lowest BCUT2D eigenvalue weighted by molar-refractivity contribution is -0.842. The molecular weight excluding hydrogens is 402 g/mol. The molecule has 0 saturated carbocycles. The summed E-state index contributed by atoms with van der Waals surface area (Å²) in [5, 5.41) is 0. The molecule has 9 nitrogen and oxygen atoms in total. The minimum absolute atomic E-state index is 0.0960. The van der Waals surface area contributed by atoms with Gasteiger partial charge in [0.1, 0.15) is 0 Å². The SMILES string of the molecule is CCOP(=O)(OCC)C(=[N+]=[N-])[N+](CC)(CC)CC.O=S(=O)([O-])C(F)(F)F. The first kappa shape index (κ1) is 27.4. The molecule has 0 fully saturated rings. The molecule has 0 aromatic rings. The van der Waals surface area contributed by atoms with E-state index in [4.69, 9.17) is 22.0 Å². The van der Waals surface area contributed by atoms with E-state index in [1.165, 1.54) is 0 Å². The molecule has 0 radical (unpaired) electrons. The van der Waals surface area contributed by atoms with Gasteiger partial charge >= 0.3 is 18.7 Å². The second-order valence-corrected chi connectivity index (χ2v) is 8.01. The van der Waals surface area contributed by atoms with Gasteiger partial charge in [0.2, 0.25) is 0 Å². The lowest BCUT2D eigenvalue weighted by Crippen LogP contribution is -2.53. The first-order valence-electron chi connectivity index (χ1n) is 7.75. The molecule has 0 aromatic heterocycles. The minimum atomic E-state index is -6.09. The van der Waals surface area contributed by atoms with Gasteiger partial charge in [0.05, 0.1) is 32.8 Å². The highest BCUT2D eigenvalue weighted by molar-refractivity contribution is 7.86. The van der Waals surface area contributed by atoms with Crippen molar-refractivity contribution < 1.29 is 49.0 Å². The summed E-state index contributed by atoms with van der Waals surface area (Å²) in [6.07, 6.45) is 0. The van der Waals surface area contributed by atoms with E-state index in [1.807, 2.05) is 20.8 Å². The predicted molar refractivity (Wildman–Crippen MR) is 87.1 cm³/mol. The van der Waals surface area contributed by atoms with Crippen molar-refractivity contribution in [3.8, 4) is 0 Å². The maximum absolute atomic E-state index is 12.7. The molecule has 0 aromatic carbocycles. The number of quaternary nitrogens is 1. The van der Waals surface area contributed by atoms with Gasteiger partial charge in [0.25, 0.3) is 0 Å². The second-order valence-electron chi connectivity index (χ2n) is 4.73. The third-order valence-corrected chi connectivity index (χ3v) is 6.22. The number of rotatable bonds is 8. The van der Waals surface area contributed by atoms with Crippen molar-refractivity contribution in [3.05, 3.63) is 5.53 Å². The van der Waals surface area contributed by atoms with E-state index in [0.717, 1.165) is 0 Å². The van der Waals surface area contributed by atoms with Gasteiger partial charge in [-0.25, -0.2) is 17.5 Å². The smallest absolute Gasteiger partial charge is 0.555 e. The van der Waals surface area contributed by atoms with Crippen LogP contribution in [0.2, 0.25) is 0 Å². The molecule has 156 valence electrons. The molecule has 0 atom stereocenters. The second kappa shape index (κ2) is 11.1. The van der Waals surface area contributed by atoms with Crippen molar-refractivity contribution in [2.45, 2.75) is 40.1 Å². The van der Waals surface area contributed by atoms with Gasteiger partial charge in [0.15, 0.2) is 10.1 Å². The van der Waals surface area contributed by atoms with Crippen molar-refractivity contribution >= 4 is 23.3 Å². The number of hydrogen-bond donors (Lipinski definition) is 0. The molecule has 14 heteroatoms. The fourth-order valence-electron chi connectivity index (χ4n) is 2.00. The standard InChI is InChI=1S/C11H25N3O3P.CHF3O3S/c1-6-14(7-2,8-3)11(13-12)18(15,16-9-4)17-10-5;2-1(3,4)8(5,6)7/h6-10H2,1-5H3;(H,5,6,7)/q+1;/p-1. The Morgan fingerprint density at radius 1 is 1.08 bits per heavy atom. The zero-order valence-electron chi connectivity index (χ0n) is 15.3. The largest absolute Gasteiger partial charge is 0.741 e. The average Bonchev–Trinajstić information content (AvgIpc) is 2.51. The maximum Gasteiger partial charge on any atom is 0.555 e. The summed E-state index contributed by atoms with van der Waals surface area (Å²) in [4.78, 5) is 3.26. The number of amidine groups is 1. The van der Waals surface area contributed by atoms with Gasteiger partial charge in [-0.1, -0.05) is 4.79 Å². The fourth-order valence-corrected chi connectivity index (χ4v) is 4.04. The van der Waals surface area contributed by atoms with Gasteiger partial charge in [-0.3, -0.25) is 9.05 Å². The van der Waals surface area contributed by atoms with Crippen molar-refractivity contribution in [3.63, 3.8) is 0 Å². The van der Waals surface area contributed by atoms with Crippen LogP contribution in [0.1, 0.15) is 34.6 Å². The van der Waals surface area contributed by atoms with E-state index in [0.29, 0.717) is 24.1 Å². The zero-order valence-corrected chi connectivity index (χ0v) is 17.0. The first-order valence-corrected chi connectivity index (χ1v) is 10.7. The highest BCUT2D eigenvalue weighted by Crippen LogP contribution is 2.51. The summed E-state index contributed by atoms with van der Waals surface area (Å²) in [7, 11) is -9.62. The predicted octanol–water partition coefficient (Wildman–Crippen LogP) is 2.77. The van der Waals surface area contributed by atoms with E-state index in [-0.39, 0.29) is 18.8 Å². The molecule has 0 aliphatic rings. The van der Waals surface area contributed by atoms with E-state index in [1.54, 1.807) is 13.8 Å². The van der Waals surface area contributed by atoms with Crippen molar-refractivity contribution in [2.24, 2.45) is 0 Å². The van der Waals surface area contributed by atoms with Crippen molar-refractivity contribution in [1.29, 1.82) is 0 Å². The fraction of sp³-hybridized carbons (Fsp3) is 0.917. The monoisotopic (exact) mass is 427 g/mol. The van der Waals surface area contributed by atoms with E-state index in [2.05, 4.69) is 4.79 Å². The molecule has 0 rings (SSSR count). The molecule has 0 aliphatic heterocycles. The zero-order chi connectivity index (χ0) is 21.2.